The minimum atomic E-state index is 0.349. The van der Waals surface area contributed by atoms with E-state index >= 15 is 0 Å². The Balaban J connectivity index is 2.78. The largest absolute Gasteiger partial charge is 0.480 e. The van der Waals surface area contributed by atoms with Crippen LogP contribution in [0.1, 0.15) is 12.0 Å². The highest BCUT2D eigenvalue weighted by Crippen LogP contribution is 2.15. The van der Waals surface area contributed by atoms with Crippen molar-refractivity contribution in [1.82, 2.24) is 4.98 Å². The second-order valence-electron chi connectivity index (χ2n) is 2.83. The molecule has 6 heteroatoms. The fourth-order valence-corrected chi connectivity index (χ4v) is 1.03. The first-order valence-electron chi connectivity index (χ1n) is 4.57. The maximum absolute atomic E-state index is 8.06. The van der Waals surface area contributed by atoms with Gasteiger partial charge in [0.1, 0.15) is 0 Å². The van der Waals surface area contributed by atoms with E-state index in [1.807, 2.05) is 0 Å². The van der Waals surface area contributed by atoms with Crippen LogP contribution in [0, 0.1) is 11.8 Å². The molecule has 0 amide bonds. The molecule has 0 bridgehead atoms. The third-order valence-corrected chi connectivity index (χ3v) is 1.69. The molecule has 0 aliphatic heterocycles. The third-order valence-electron chi connectivity index (χ3n) is 1.69. The Bertz CT molecular complexity index is 468. The first-order chi connectivity index (χ1) is 7.77. The second kappa shape index (κ2) is 6.17. The zero-order valence-corrected chi connectivity index (χ0v) is 8.84. The summed E-state index contributed by atoms with van der Waals surface area (Å²) in [6, 6.07) is 1.69. The SMILES string of the molecule is COc1ncc(N)cc1C#CCCN=[N+]=[N-]. The van der Waals surface area contributed by atoms with Crippen LogP contribution >= 0.6 is 0 Å². The highest BCUT2D eigenvalue weighted by Gasteiger charge is 2.00. The van der Waals surface area contributed by atoms with Crippen molar-refractivity contribution in [3.8, 4) is 17.7 Å². The number of nitrogens with zero attached hydrogens (tertiary/aromatic N) is 4. The smallest absolute Gasteiger partial charge is 0.229 e. The number of aromatic nitrogens is 1. The van der Waals surface area contributed by atoms with Crippen molar-refractivity contribution in [1.29, 1.82) is 0 Å². The van der Waals surface area contributed by atoms with Crippen LogP contribution in [0.5, 0.6) is 5.88 Å². The summed E-state index contributed by atoms with van der Waals surface area (Å²) in [4.78, 5) is 6.61. The molecular formula is C10H11N5O. The number of azide groups is 1. The average molecular weight is 217 g/mol. The summed E-state index contributed by atoms with van der Waals surface area (Å²) in [5, 5.41) is 3.37. The number of anilines is 1. The van der Waals surface area contributed by atoms with Crippen LogP contribution in [-0.4, -0.2) is 18.6 Å². The van der Waals surface area contributed by atoms with Gasteiger partial charge in [-0.1, -0.05) is 17.0 Å². The number of rotatable bonds is 3. The van der Waals surface area contributed by atoms with Crippen LogP contribution in [-0.2, 0) is 0 Å². The molecule has 0 unspecified atom stereocenters. The number of hydrogen-bond acceptors (Lipinski definition) is 4. The highest BCUT2D eigenvalue weighted by atomic mass is 16.5. The Morgan fingerprint density at radius 3 is 3.19 bits per heavy atom. The van der Waals surface area contributed by atoms with E-state index in [1.54, 1.807) is 6.07 Å². The van der Waals surface area contributed by atoms with Crippen molar-refractivity contribution in [3.05, 3.63) is 28.3 Å². The van der Waals surface area contributed by atoms with Crippen LogP contribution in [0.3, 0.4) is 0 Å². The van der Waals surface area contributed by atoms with Gasteiger partial charge in [0.2, 0.25) is 5.88 Å². The van der Waals surface area contributed by atoms with E-state index in [0.29, 0.717) is 30.1 Å². The number of ether oxygens (including phenoxy) is 1. The van der Waals surface area contributed by atoms with Crippen molar-refractivity contribution in [3.63, 3.8) is 0 Å². The van der Waals surface area contributed by atoms with Crippen LogP contribution in [0.25, 0.3) is 10.4 Å². The van der Waals surface area contributed by atoms with Gasteiger partial charge in [0, 0.05) is 17.9 Å². The maximum Gasteiger partial charge on any atom is 0.229 e. The maximum atomic E-state index is 8.06. The molecular weight excluding hydrogens is 206 g/mol. The number of methoxy groups -OCH3 is 1. The monoisotopic (exact) mass is 217 g/mol. The normalized spacial score (nSPS) is 8.56. The fourth-order valence-electron chi connectivity index (χ4n) is 1.03. The molecule has 1 rings (SSSR count). The van der Waals surface area contributed by atoms with Crippen LogP contribution in [0.15, 0.2) is 17.4 Å². The summed E-state index contributed by atoms with van der Waals surface area (Å²) in [7, 11) is 1.52. The van der Waals surface area contributed by atoms with Gasteiger partial charge in [0.25, 0.3) is 0 Å². The molecule has 16 heavy (non-hydrogen) atoms. The van der Waals surface area contributed by atoms with Crippen LogP contribution in [0.4, 0.5) is 5.69 Å². The van der Waals surface area contributed by atoms with E-state index in [2.05, 4.69) is 26.9 Å². The van der Waals surface area contributed by atoms with Gasteiger partial charge in [-0.05, 0) is 11.6 Å². The van der Waals surface area contributed by atoms with Crippen molar-refractivity contribution >= 4 is 5.69 Å². The molecule has 0 aliphatic carbocycles. The zero-order chi connectivity index (χ0) is 11.8. The lowest BCUT2D eigenvalue weighted by Crippen LogP contribution is -1.94. The van der Waals surface area contributed by atoms with Crippen molar-refractivity contribution in [2.45, 2.75) is 6.42 Å². The first kappa shape index (κ1) is 11.7. The van der Waals surface area contributed by atoms with E-state index in [1.165, 1.54) is 13.3 Å². The summed E-state index contributed by atoms with van der Waals surface area (Å²) < 4.78 is 5.03. The van der Waals surface area contributed by atoms with Gasteiger partial charge in [-0.3, -0.25) is 0 Å². The van der Waals surface area contributed by atoms with E-state index in [0.717, 1.165) is 0 Å². The zero-order valence-electron chi connectivity index (χ0n) is 8.84. The summed E-state index contributed by atoms with van der Waals surface area (Å²) in [6.45, 7) is 0.349. The quantitative estimate of drug-likeness (QED) is 0.274. The fraction of sp³-hybridized carbons (Fsp3) is 0.300. The summed E-state index contributed by atoms with van der Waals surface area (Å²) in [6.07, 6.45) is 1.99. The molecule has 1 heterocycles. The predicted molar refractivity (Wildman–Crippen MR) is 60.7 cm³/mol. The Morgan fingerprint density at radius 1 is 1.69 bits per heavy atom. The van der Waals surface area contributed by atoms with E-state index in [-0.39, 0.29) is 0 Å². The van der Waals surface area contributed by atoms with Crippen LogP contribution in [0.2, 0.25) is 0 Å². The highest BCUT2D eigenvalue weighted by molar-refractivity contribution is 5.50. The van der Waals surface area contributed by atoms with Gasteiger partial charge in [-0.2, -0.15) is 0 Å². The van der Waals surface area contributed by atoms with E-state index in [9.17, 15) is 0 Å². The minimum absolute atomic E-state index is 0.349. The summed E-state index contributed by atoms with van der Waals surface area (Å²) >= 11 is 0. The minimum Gasteiger partial charge on any atom is -0.480 e. The van der Waals surface area contributed by atoms with Crippen LogP contribution < -0.4 is 10.5 Å². The number of nitrogen functional groups attached to an aromatic ring is 1. The second-order valence-corrected chi connectivity index (χ2v) is 2.83. The number of hydrogen-bond donors (Lipinski definition) is 1. The molecule has 0 aliphatic rings. The molecule has 82 valence electrons. The molecule has 0 saturated carbocycles. The molecule has 0 atom stereocenters. The molecule has 0 saturated heterocycles. The molecule has 2 N–H and O–H groups in total. The molecule has 1 aromatic rings. The van der Waals surface area contributed by atoms with Gasteiger partial charge >= 0.3 is 0 Å². The summed E-state index contributed by atoms with van der Waals surface area (Å²) in [5.74, 6) is 6.15. The van der Waals surface area contributed by atoms with Crippen molar-refractivity contribution in [2.24, 2.45) is 5.11 Å². The standard InChI is InChI=1S/C10H11N5O/c1-16-10-8(6-9(11)7-13-10)4-2-3-5-14-15-12/h6-7H,3,5,11H2,1H3. The molecule has 0 spiro atoms. The topological polar surface area (TPSA) is 96.9 Å². The molecule has 0 aromatic carbocycles. The van der Waals surface area contributed by atoms with Crippen molar-refractivity contribution in [2.75, 3.05) is 19.4 Å². The third kappa shape index (κ3) is 3.40. The van der Waals surface area contributed by atoms with E-state index < -0.39 is 0 Å². The Hall–Kier alpha value is -2.38. The summed E-state index contributed by atoms with van der Waals surface area (Å²) in [5.41, 5.74) is 14.8. The Labute approximate surface area is 93.1 Å². The molecule has 0 fully saturated rings. The van der Waals surface area contributed by atoms with Crippen molar-refractivity contribution < 1.29 is 4.74 Å². The van der Waals surface area contributed by atoms with Gasteiger partial charge in [-0.25, -0.2) is 4.98 Å². The number of pyridine rings is 1. The lowest BCUT2D eigenvalue weighted by molar-refractivity contribution is 0.397. The molecule has 6 nitrogen and oxygen atoms in total. The Morgan fingerprint density at radius 2 is 2.50 bits per heavy atom. The molecule has 0 radical (unpaired) electrons. The first-order valence-corrected chi connectivity index (χ1v) is 4.57. The Kier molecular flexibility index (Phi) is 4.51. The van der Waals surface area contributed by atoms with E-state index in [4.69, 9.17) is 16.0 Å². The lowest BCUT2D eigenvalue weighted by atomic mass is 10.2. The molecule has 1 aromatic heterocycles. The van der Waals surface area contributed by atoms with Gasteiger partial charge < -0.3 is 10.5 Å². The van der Waals surface area contributed by atoms with Gasteiger partial charge in [0.15, 0.2) is 0 Å². The number of nitrogens with two attached hydrogens (primary N) is 1. The lowest BCUT2D eigenvalue weighted by Gasteiger charge is -2.01. The predicted octanol–water partition coefficient (Wildman–Crippen LogP) is 1.72. The van der Waals surface area contributed by atoms with Gasteiger partial charge in [-0.15, -0.1) is 0 Å². The average Bonchev–Trinajstić information content (AvgIpc) is 2.29. The van der Waals surface area contributed by atoms with Gasteiger partial charge in [0.05, 0.1) is 24.6 Å².